The number of carbonyl (C=O) groups excluding carboxylic acids is 2. The molecular formula is C28H33N5O3. The first-order valence-corrected chi connectivity index (χ1v) is 12.7. The summed E-state index contributed by atoms with van der Waals surface area (Å²) in [7, 11) is 3.79. The third-order valence-electron chi connectivity index (χ3n) is 8.22. The molecule has 3 amide bonds. The van der Waals surface area contributed by atoms with Crippen LogP contribution in [0, 0.1) is 0 Å². The molecule has 36 heavy (non-hydrogen) atoms. The van der Waals surface area contributed by atoms with Gasteiger partial charge in [0.25, 0.3) is 5.91 Å². The van der Waals surface area contributed by atoms with Crippen molar-refractivity contribution < 1.29 is 14.3 Å². The molecule has 8 nitrogen and oxygen atoms in total. The summed E-state index contributed by atoms with van der Waals surface area (Å²) >= 11 is 0. The highest BCUT2D eigenvalue weighted by atomic mass is 16.5. The van der Waals surface area contributed by atoms with E-state index in [4.69, 9.17) is 4.74 Å². The molecule has 188 valence electrons. The molecule has 0 spiro atoms. The number of imide groups is 1. The normalized spacial score (nSPS) is 24.9. The number of H-pyrrole nitrogens is 1. The number of likely N-dealkylation sites (N-methyl/N-ethyl adjacent to an activating group) is 1. The third kappa shape index (κ3) is 3.50. The Bertz CT molecular complexity index is 1310. The number of ether oxygens (including phenoxy) is 1. The predicted molar refractivity (Wildman–Crippen MR) is 138 cm³/mol. The number of methoxy groups -OCH3 is 1. The summed E-state index contributed by atoms with van der Waals surface area (Å²) in [5.41, 5.74) is 3.08. The number of fused-ring (bicyclic) bond motifs is 4. The zero-order valence-electron chi connectivity index (χ0n) is 21.2. The van der Waals surface area contributed by atoms with Gasteiger partial charge in [0.15, 0.2) is 0 Å². The highest BCUT2D eigenvalue weighted by molar-refractivity contribution is 6.08. The molecule has 1 aromatic heterocycles. The van der Waals surface area contributed by atoms with Gasteiger partial charge in [0.05, 0.1) is 7.11 Å². The van der Waals surface area contributed by atoms with E-state index in [2.05, 4.69) is 21.8 Å². The Morgan fingerprint density at radius 3 is 2.50 bits per heavy atom. The van der Waals surface area contributed by atoms with Gasteiger partial charge in [-0.2, -0.15) is 0 Å². The SMILES string of the molecule is COc1ccc2[nH]c3c(c2c1)C[C@@]1(C)C(=O)N(CCN2CCN(C)CC2)C(=O)N1C3c1ccccc1. The molecule has 3 aromatic rings. The van der Waals surface area contributed by atoms with Crippen LogP contribution < -0.4 is 4.74 Å². The molecule has 2 atom stereocenters. The smallest absolute Gasteiger partial charge is 0.328 e. The quantitative estimate of drug-likeness (QED) is 0.560. The first-order valence-electron chi connectivity index (χ1n) is 12.7. The maximum Gasteiger partial charge on any atom is 0.328 e. The summed E-state index contributed by atoms with van der Waals surface area (Å²) in [6.45, 7) is 6.98. The van der Waals surface area contributed by atoms with Gasteiger partial charge in [0.1, 0.15) is 17.3 Å². The highest BCUT2D eigenvalue weighted by Gasteiger charge is 2.60. The maximum absolute atomic E-state index is 14.0. The lowest BCUT2D eigenvalue weighted by Gasteiger charge is -2.42. The van der Waals surface area contributed by atoms with Gasteiger partial charge < -0.3 is 14.6 Å². The molecule has 6 rings (SSSR count). The van der Waals surface area contributed by atoms with E-state index in [1.807, 2.05) is 60.4 Å². The number of nitrogens with zero attached hydrogens (tertiary/aromatic N) is 4. The third-order valence-corrected chi connectivity index (χ3v) is 8.22. The number of carbonyl (C=O) groups is 2. The standard InChI is InChI=1S/C28H33N5O3/c1-28-18-22-21-17-20(36-3)9-10-23(21)29-24(22)25(19-7-5-4-6-8-19)33(28)27(35)32(26(28)34)16-15-31-13-11-30(2)12-14-31/h4-10,17,25,29H,11-16,18H2,1-3H3/t25?,28-/m0/s1. The van der Waals surface area contributed by atoms with Gasteiger partial charge in [-0.05, 0) is 43.3 Å². The van der Waals surface area contributed by atoms with Crippen molar-refractivity contribution in [1.82, 2.24) is 24.6 Å². The summed E-state index contributed by atoms with van der Waals surface area (Å²) in [6, 6.07) is 15.4. The summed E-state index contributed by atoms with van der Waals surface area (Å²) in [4.78, 5) is 39.5. The Balaban J connectivity index is 1.40. The second-order valence-corrected chi connectivity index (χ2v) is 10.4. The maximum atomic E-state index is 14.0. The van der Waals surface area contributed by atoms with Crippen molar-refractivity contribution in [2.75, 3.05) is 53.4 Å². The molecule has 4 heterocycles. The van der Waals surface area contributed by atoms with Crippen LogP contribution in [0.25, 0.3) is 10.9 Å². The molecule has 0 saturated carbocycles. The van der Waals surface area contributed by atoms with Gasteiger partial charge >= 0.3 is 6.03 Å². The van der Waals surface area contributed by atoms with Gasteiger partial charge in [-0.25, -0.2) is 4.79 Å². The summed E-state index contributed by atoms with van der Waals surface area (Å²) in [6.07, 6.45) is 0.467. The minimum absolute atomic E-state index is 0.106. The Labute approximate surface area is 211 Å². The molecule has 3 aliphatic rings. The van der Waals surface area contributed by atoms with Crippen LogP contribution in [0.3, 0.4) is 0 Å². The summed E-state index contributed by atoms with van der Waals surface area (Å²) in [5, 5.41) is 1.04. The van der Waals surface area contributed by atoms with Crippen LogP contribution in [0.2, 0.25) is 0 Å². The molecule has 2 aromatic carbocycles. The first kappa shape index (κ1) is 23.1. The Morgan fingerprint density at radius 1 is 1.03 bits per heavy atom. The second-order valence-electron chi connectivity index (χ2n) is 10.4. The molecule has 3 aliphatic heterocycles. The monoisotopic (exact) mass is 487 g/mol. The van der Waals surface area contributed by atoms with Crippen molar-refractivity contribution in [3.05, 3.63) is 65.4 Å². The van der Waals surface area contributed by atoms with Crippen LogP contribution in [0.15, 0.2) is 48.5 Å². The van der Waals surface area contributed by atoms with Crippen molar-refractivity contribution in [1.29, 1.82) is 0 Å². The van der Waals surface area contributed by atoms with Crippen LogP contribution in [0.4, 0.5) is 4.79 Å². The fourth-order valence-corrected chi connectivity index (χ4v) is 6.11. The van der Waals surface area contributed by atoms with Crippen LogP contribution in [0.1, 0.15) is 29.8 Å². The minimum Gasteiger partial charge on any atom is -0.497 e. The average molecular weight is 488 g/mol. The Morgan fingerprint density at radius 2 is 1.78 bits per heavy atom. The number of piperazine rings is 1. The number of aromatic amines is 1. The Kier molecular flexibility index (Phi) is 5.53. The lowest BCUT2D eigenvalue weighted by molar-refractivity contribution is -0.133. The number of benzene rings is 2. The fourth-order valence-electron chi connectivity index (χ4n) is 6.11. The largest absolute Gasteiger partial charge is 0.497 e. The van der Waals surface area contributed by atoms with E-state index < -0.39 is 5.54 Å². The summed E-state index contributed by atoms with van der Waals surface area (Å²) < 4.78 is 5.50. The van der Waals surface area contributed by atoms with Crippen molar-refractivity contribution in [2.24, 2.45) is 0 Å². The molecule has 1 unspecified atom stereocenters. The summed E-state index contributed by atoms with van der Waals surface area (Å²) in [5.74, 6) is 0.668. The van der Waals surface area contributed by atoms with Gasteiger partial charge in [-0.1, -0.05) is 30.3 Å². The lowest BCUT2D eigenvalue weighted by atomic mass is 9.81. The minimum atomic E-state index is -0.953. The number of aromatic nitrogens is 1. The number of hydrogen-bond acceptors (Lipinski definition) is 5. The molecule has 0 bridgehead atoms. The van der Waals surface area contributed by atoms with E-state index in [-0.39, 0.29) is 18.0 Å². The zero-order valence-corrected chi connectivity index (χ0v) is 21.2. The van der Waals surface area contributed by atoms with E-state index in [0.29, 0.717) is 19.5 Å². The molecule has 1 N–H and O–H groups in total. The number of amides is 3. The van der Waals surface area contributed by atoms with Crippen molar-refractivity contribution >= 4 is 22.8 Å². The van der Waals surface area contributed by atoms with E-state index >= 15 is 0 Å². The van der Waals surface area contributed by atoms with Crippen LogP contribution in [-0.2, 0) is 11.2 Å². The van der Waals surface area contributed by atoms with Gasteiger partial charge in [0, 0.05) is 62.3 Å². The lowest BCUT2D eigenvalue weighted by Crippen LogP contribution is -2.53. The Hall–Kier alpha value is -3.36. The molecule has 2 fully saturated rings. The highest BCUT2D eigenvalue weighted by Crippen LogP contribution is 2.48. The molecule has 0 radical (unpaired) electrons. The number of rotatable bonds is 5. The molecule has 0 aliphatic carbocycles. The number of hydrogen-bond donors (Lipinski definition) is 1. The first-order chi connectivity index (χ1) is 17.4. The van der Waals surface area contributed by atoms with E-state index in [1.54, 1.807) is 7.11 Å². The molecule has 8 heteroatoms. The van der Waals surface area contributed by atoms with Crippen molar-refractivity contribution in [3.63, 3.8) is 0 Å². The number of urea groups is 1. The van der Waals surface area contributed by atoms with Crippen molar-refractivity contribution in [3.8, 4) is 5.75 Å². The fraction of sp³-hybridized carbons (Fsp3) is 0.429. The average Bonchev–Trinajstić information content (AvgIpc) is 3.34. The zero-order chi connectivity index (χ0) is 25.0. The van der Waals surface area contributed by atoms with Crippen LogP contribution in [-0.4, -0.2) is 95.5 Å². The van der Waals surface area contributed by atoms with Gasteiger partial charge in [0.2, 0.25) is 0 Å². The molecule has 2 saturated heterocycles. The van der Waals surface area contributed by atoms with Gasteiger partial charge in [-0.15, -0.1) is 0 Å². The molecular weight excluding hydrogens is 454 g/mol. The van der Waals surface area contributed by atoms with E-state index in [1.165, 1.54) is 4.90 Å². The van der Waals surface area contributed by atoms with E-state index in [0.717, 1.165) is 59.7 Å². The van der Waals surface area contributed by atoms with Crippen LogP contribution in [0.5, 0.6) is 5.75 Å². The van der Waals surface area contributed by atoms with Crippen molar-refractivity contribution in [2.45, 2.75) is 24.9 Å². The van der Waals surface area contributed by atoms with Gasteiger partial charge in [-0.3, -0.25) is 19.5 Å². The predicted octanol–water partition coefficient (Wildman–Crippen LogP) is 3.09. The second kappa shape index (κ2) is 8.64. The van der Waals surface area contributed by atoms with E-state index in [9.17, 15) is 9.59 Å². The number of nitrogens with one attached hydrogen (secondary N) is 1. The van der Waals surface area contributed by atoms with Crippen LogP contribution >= 0.6 is 0 Å². The topological polar surface area (TPSA) is 72.1 Å².